The van der Waals surface area contributed by atoms with E-state index in [1.165, 1.54) is 18.9 Å². The molecule has 1 nitrogen and oxygen atoms in total. The zero-order valence-electron chi connectivity index (χ0n) is 6.18. The summed E-state index contributed by atoms with van der Waals surface area (Å²) in [7, 11) is 0.335. The summed E-state index contributed by atoms with van der Waals surface area (Å²) < 4.78 is 5.53. The van der Waals surface area contributed by atoms with Crippen LogP contribution in [0.3, 0.4) is 0 Å². The molecule has 0 fully saturated rings. The standard InChI is InChI=1S/C5H14OSi3/c1-8(6-7)9-4-2-3-5-9/h4,8H,2-3,5H2,1,7H3. The normalized spacial score (nSPS) is 22.1. The third-order valence-electron chi connectivity index (χ3n) is 1.95. The Morgan fingerprint density at radius 3 is 3.00 bits per heavy atom. The molecule has 0 saturated carbocycles. The fourth-order valence-corrected chi connectivity index (χ4v) is 10.6. The van der Waals surface area contributed by atoms with Crippen LogP contribution in [0.15, 0.2) is 0 Å². The third-order valence-corrected chi connectivity index (χ3v) is 14.4. The van der Waals surface area contributed by atoms with Crippen molar-refractivity contribution in [1.29, 1.82) is 0 Å². The summed E-state index contributed by atoms with van der Waals surface area (Å²) in [6, 6.07) is 1.51. The second-order valence-corrected chi connectivity index (χ2v) is 12.4. The molecule has 0 N–H and O–H groups in total. The maximum absolute atomic E-state index is 5.53. The van der Waals surface area contributed by atoms with Gasteiger partial charge in [-0.15, -0.1) is 5.67 Å². The first-order valence-corrected chi connectivity index (χ1v) is 9.60. The lowest BCUT2D eigenvalue weighted by Crippen LogP contribution is -2.27. The van der Waals surface area contributed by atoms with Crippen LogP contribution in [-0.2, 0) is 4.12 Å². The predicted octanol–water partition coefficient (Wildman–Crippen LogP) is -0.612. The molecule has 4 heteroatoms. The average molecular weight is 174 g/mol. The lowest BCUT2D eigenvalue weighted by atomic mass is 10.4. The van der Waals surface area contributed by atoms with Crippen LogP contribution >= 0.6 is 0 Å². The first kappa shape index (κ1) is 7.59. The van der Waals surface area contributed by atoms with Crippen LogP contribution in [0, 0.1) is 0 Å². The van der Waals surface area contributed by atoms with Crippen LogP contribution in [0.1, 0.15) is 12.8 Å². The van der Waals surface area contributed by atoms with Crippen LogP contribution in [0.25, 0.3) is 0 Å². The summed E-state index contributed by atoms with van der Waals surface area (Å²) in [4.78, 5) is 0. The molecule has 1 aliphatic heterocycles. The summed E-state index contributed by atoms with van der Waals surface area (Å²) in [6.07, 6.45) is 2.84. The van der Waals surface area contributed by atoms with Gasteiger partial charge in [0.25, 0.3) is 0 Å². The van der Waals surface area contributed by atoms with E-state index in [9.17, 15) is 0 Å². The lowest BCUT2D eigenvalue weighted by Gasteiger charge is -2.06. The van der Waals surface area contributed by atoms with E-state index in [0.717, 1.165) is 10.5 Å². The van der Waals surface area contributed by atoms with Crippen molar-refractivity contribution in [3.8, 4) is 0 Å². The van der Waals surface area contributed by atoms with Crippen LogP contribution in [0.2, 0.25) is 12.6 Å². The highest BCUT2D eigenvalue weighted by Gasteiger charge is 2.13. The molecule has 0 aromatic carbocycles. The minimum absolute atomic E-state index is 0.0144. The minimum Gasteiger partial charge on any atom is -0.466 e. The molecule has 0 radical (unpaired) electrons. The molecular formula is C5H14OSi3. The van der Waals surface area contributed by atoms with Gasteiger partial charge in [0, 0.05) is 7.93 Å². The largest absolute Gasteiger partial charge is 0.466 e. The number of hydrogen-bond donors (Lipinski definition) is 0. The van der Waals surface area contributed by atoms with Gasteiger partial charge in [0.2, 0.25) is 0 Å². The number of hydrogen-bond acceptors (Lipinski definition) is 1. The smallest absolute Gasteiger partial charge is 0.164 e. The summed E-state index contributed by atoms with van der Waals surface area (Å²) in [6.45, 7) is 2.36. The van der Waals surface area contributed by atoms with Gasteiger partial charge in [-0.3, -0.25) is 0 Å². The molecule has 1 rings (SSSR count). The zero-order valence-corrected chi connectivity index (χ0v) is 10.3. The molecule has 1 unspecified atom stereocenters. The van der Waals surface area contributed by atoms with Gasteiger partial charge >= 0.3 is 0 Å². The lowest BCUT2D eigenvalue weighted by molar-refractivity contribution is 0.660. The molecule has 0 amide bonds. The van der Waals surface area contributed by atoms with Crippen molar-refractivity contribution in [2.45, 2.75) is 25.4 Å². The molecule has 0 saturated heterocycles. The predicted molar refractivity (Wildman–Crippen MR) is 49.9 cm³/mol. The molecular weight excluding hydrogens is 160 g/mol. The van der Waals surface area contributed by atoms with E-state index in [-0.39, 0.29) is 7.93 Å². The Balaban J connectivity index is 2.40. The Morgan fingerprint density at radius 1 is 1.78 bits per heavy atom. The Morgan fingerprint density at radius 2 is 2.56 bits per heavy atom. The summed E-state index contributed by atoms with van der Waals surface area (Å²) in [5.74, 6) is 0. The van der Waals surface area contributed by atoms with E-state index in [1.54, 1.807) is 0 Å². The van der Waals surface area contributed by atoms with Gasteiger partial charge in [-0.25, -0.2) is 0 Å². The molecule has 0 aromatic heterocycles. The van der Waals surface area contributed by atoms with Crippen molar-refractivity contribution in [2.75, 3.05) is 0 Å². The first-order valence-electron chi connectivity index (χ1n) is 3.56. The van der Waals surface area contributed by atoms with Crippen molar-refractivity contribution >= 4 is 32.6 Å². The van der Waals surface area contributed by atoms with Gasteiger partial charge in [0.15, 0.2) is 8.56 Å². The molecule has 1 atom stereocenters. The van der Waals surface area contributed by atoms with Gasteiger partial charge in [0.05, 0.1) is 0 Å². The summed E-state index contributed by atoms with van der Waals surface area (Å²) in [5.41, 5.74) is 2.57. The van der Waals surface area contributed by atoms with E-state index in [2.05, 4.69) is 12.2 Å². The monoisotopic (exact) mass is 174 g/mol. The van der Waals surface area contributed by atoms with Crippen LogP contribution in [0.4, 0.5) is 0 Å². The maximum Gasteiger partial charge on any atom is 0.164 e. The van der Waals surface area contributed by atoms with Crippen molar-refractivity contribution in [1.82, 2.24) is 0 Å². The molecule has 1 aliphatic rings. The van der Waals surface area contributed by atoms with E-state index in [1.807, 2.05) is 0 Å². The quantitative estimate of drug-likeness (QED) is 0.508. The molecule has 0 bridgehead atoms. The topological polar surface area (TPSA) is 9.23 Å². The Hall–Kier alpha value is 0.481. The molecule has 1 heterocycles. The molecule has 9 heavy (non-hydrogen) atoms. The van der Waals surface area contributed by atoms with Gasteiger partial charge in [0.1, 0.15) is 10.5 Å². The van der Waals surface area contributed by atoms with Crippen LogP contribution < -0.4 is 0 Å². The van der Waals surface area contributed by atoms with Gasteiger partial charge < -0.3 is 4.12 Å². The third kappa shape index (κ3) is 1.96. The van der Waals surface area contributed by atoms with E-state index in [0.29, 0.717) is 0 Å². The fourth-order valence-electron chi connectivity index (χ4n) is 1.22. The highest BCUT2D eigenvalue weighted by atomic mass is 29.2. The van der Waals surface area contributed by atoms with E-state index in [4.69, 9.17) is 4.12 Å². The minimum atomic E-state index is -0.626. The Kier molecular flexibility index (Phi) is 3.03. The van der Waals surface area contributed by atoms with Crippen LogP contribution in [-0.4, -0.2) is 32.6 Å². The van der Waals surface area contributed by atoms with Gasteiger partial charge in [-0.05, 0) is 25.4 Å². The summed E-state index contributed by atoms with van der Waals surface area (Å²) in [5, 5.41) is 0. The Bertz CT molecular complexity index is 123. The highest BCUT2D eigenvalue weighted by molar-refractivity contribution is 7.21. The molecule has 52 valence electrons. The molecule has 0 aliphatic carbocycles. The molecule has 0 spiro atoms. The van der Waals surface area contributed by atoms with E-state index < -0.39 is 8.56 Å². The van der Waals surface area contributed by atoms with Crippen molar-refractivity contribution < 1.29 is 4.12 Å². The second-order valence-electron chi connectivity index (χ2n) is 2.55. The van der Waals surface area contributed by atoms with Crippen LogP contribution in [0.5, 0.6) is 0 Å². The zero-order chi connectivity index (χ0) is 6.69. The van der Waals surface area contributed by atoms with Gasteiger partial charge in [-0.1, -0.05) is 0 Å². The highest BCUT2D eigenvalue weighted by Crippen LogP contribution is 2.05. The van der Waals surface area contributed by atoms with E-state index >= 15 is 0 Å². The number of rotatable bonds is 2. The van der Waals surface area contributed by atoms with Crippen molar-refractivity contribution in [2.24, 2.45) is 0 Å². The Labute approximate surface area is 62.7 Å². The van der Waals surface area contributed by atoms with Gasteiger partial charge in [-0.2, -0.15) is 0 Å². The van der Waals surface area contributed by atoms with Crippen molar-refractivity contribution in [3.05, 3.63) is 0 Å². The average Bonchev–Trinajstić information content (AvgIpc) is 2.37. The maximum atomic E-state index is 5.53. The molecule has 0 aromatic rings. The second kappa shape index (κ2) is 3.60. The SMILES string of the molecule is C[SiH](O[SiH3])[Si]1=CCCC1. The first-order chi connectivity index (χ1) is 4.34. The summed E-state index contributed by atoms with van der Waals surface area (Å²) >= 11 is 0. The fraction of sp³-hybridized carbons (Fsp3) is 0.800. The van der Waals surface area contributed by atoms with Crippen molar-refractivity contribution in [3.63, 3.8) is 0 Å².